The van der Waals surface area contributed by atoms with Crippen molar-refractivity contribution in [2.45, 2.75) is 82.9 Å². The van der Waals surface area contributed by atoms with Crippen LogP contribution in [0, 0.1) is 6.92 Å². The quantitative estimate of drug-likeness (QED) is 0.377. The van der Waals surface area contributed by atoms with Crippen molar-refractivity contribution in [2.24, 2.45) is 0 Å². The molecule has 2 atom stereocenters. The Morgan fingerprint density at radius 1 is 1.30 bits per heavy atom. The smallest absolute Gasteiger partial charge is 0.263 e. The molecule has 0 spiro atoms. The van der Waals surface area contributed by atoms with Crippen LogP contribution in [0.1, 0.15) is 73.9 Å². The zero-order valence-electron chi connectivity index (χ0n) is 18.1. The van der Waals surface area contributed by atoms with Gasteiger partial charge in [0, 0.05) is 17.4 Å². The molecule has 1 fully saturated rings. The van der Waals surface area contributed by atoms with Crippen LogP contribution >= 0.6 is 23.1 Å². The Hall–Kier alpha value is -1.71. The third kappa shape index (κ3) is 4.07. The van der Waals surface area contributed by atoms with Crippen LogP contribution < -0.4 is 5.56 Å². The maximum atomic E-state index is 13.6. The average Bonchev–Trinajstić information content (AvgIpc) is 3.44. The standard InChI is InChI=1S/C21H28N4O3S2/c1-6-15-12(4)29-19-16(15)20(26)25(10-14-8-7-9-27-14)21(23-19)30-13(5)18-22-17(11(2)3)24-28-18/h11,13-14H,6-10H2,1-5H3. The van der Waals surface area contributed by atoms with Crippen LogP contribution in [0.2, 0.25) is 0 Å². The Bertz CT molecular complexity index is 1100. The van der Waals surface area contributed by atoms with E-state index in [2.05, 4.69) is 24.0 Å². The summed E-state index contributed by atoms with van der Waals surface area (Å²) in [5.74, 6) is 1.45. The molecule has 162 valence electrons. The minimum absolute atomic E-state index is 0.0276. The summed E-state index contributed by atoms with van der Waals surface area (Å²) in [6.45, 7) is 11.5. The third-order valence-electron chi connectivity index (χ3n) is 5.45. The fraction of sp³-hybridized carbons (Fsp3) is 0.619. The van der Waals surface area contributed by atoms with E-state index in [1.807, 2.05) is 20.8 Å². The molecule has 0 aromatic carbocycles. The number of rotatable bonds is 7. The summed E-state index contributed by atoms with van der Waals surface area (Å²) >= 11 is 3.08. The van der Waals surface area contributed by atoms with Crippen LogP contribution in [0.25, 0.3) is 10.2 Å². The Morgan fingerprint density at radius 2 is 2.10 bits per heavy atom. The van der Waals surface area contributed by atoms with Crippen molar-refractivity contribution >= 4 is 33.3 Å². The van der Waals surface area contributed by atoms with E-state index in [1.165, 1.54) is 11.8 Å². The SMILES string of the molecule is CCc1c(C)sc2nc(SC(C)c3nc(C(C)C)no3)n(CC3CCCO3)c(=O)c12. The van der Waals surface area contributed by atoms with Crippen LogP contribution in [0.4, 0.5) is 0 Å². The highest BCUT2D eigenvalue weighted by molar-refractivity contribution is 7.99. The lowest BCUT2D eigenvalue weighted by Crippen LogP contribution is -2.29. The molecule has 1 aliphatic heterocycles. The predicted octanol–water partition coefficient (Wildman–Crippen LogP) is 4.87. The molecule has 3 aromatic heterocycles. The number of nitrogens with zero attached hydrogens (tertiary/aromatic N) is 4. The van der Waals surface area contributed by atoms with E-state index in [0.29, 0.717) is 23.4 Å². The van der Waals surface area contributed by atoms with Crippen molar-refractivity contribution in [1.82, 2.24) is 19.7 Å². The molecule has 3 aromatic rings. The molecule has 4 rings (SSSR count). The summed E-state index contributed by atoms with van der Waals surface area (Å²) in [5, 5.41) is 5.40. The van der Waals surface area contributed by atoms with Gasteiger partial charge in [-0.15, -0.1) is 11.3 Å². The van der Waals surface area contributed by atoms with Crippen molar-refractivity contribution in [3.8, 4) is 0 Å². The van der Waals surface area contributed by atoms with Gasteiger partial charge in [0.15, 0.2) is 11.0 Å². The second kappa shape index (κ2) is 8.80. The molecule has 0 N–H and O–H groups in total. The molecule has 0 saturated carbocycles. The van der Waals surface area contributed by atoms with Gasteiger partial charge in [0.2, 0.25) is 5.89 Å². The highest BCUT2D eigenvalue weighted by atomic mass is 32.2. The molecule has 1 saturated heterocycles. The number of fused-ring (bicyclic) bond motifs is 1. The number of thioether (sulfide) groups is 1. The lowest BCUT2D eigenvalue weighted by molar-refractivity contribution is 0.0937. The first kappa shape index (κ1) is 21.5. The molecule has 7 nitrogen and oxygen atoms in total. The first-order valence-electron chi connectivity index (χ1n) is 10.5. The second-order valence-electron chi connectivity index (χ2n) is 8.02. The molecule has 1 aliphatic rings. The van der Waals surface area contributed by atoms with Crippen molar-refractivity contribution in [1.29, 1.82) is 0 Å². The second-order valence-corrected chi connectivity index (χ2v) is 10.5. The van der Waals surface area contributed by atoms with E-state index in [9.17, 15) is 4.79 Å². The molecular weight excluding hydrogens is 420 g/mol. The van der Waals surface area contributed by atoms with Crippen molar-refractivity contribution in [3.63, 3.8) is 0 Å². The Kier molecular flexibility index (Phi) is 6.31. The minimum atomic E-state index is -0.114. The molecule has 0 bridgehead atoms. The van der Waals surface area contributed by atoms with E-state index in [-0.39, 0.29) is 22.8 Å². The van der Waals surface area contributed by atoms with Gasteiger partial charge in [-0.25, -0.2) is 4.98 Å². The molecule has 9 heteroatoms. The minimum Gasteiger partial charge on any atom is -0.376 e. The van der Waals surface area contributed by atoms with Gasteiger partial charge in [-0.3, -0.25) is 9.36 Å². The van der Waals surface area contributed by atoms with Crippen LogP contribution in [0.5, 0.6) is 0 Å². The maximum absolute atomic E-state index is 13.6. The normalized spacial score (nSPS) is 18.0. The van der Waals surface area contributed by atoms with E-state index in [1.54, 1.807) is 15.9 Å². The molecule has 0 amide bonds. The fourth-order valence-electron chi connectivity index (χ4n) is 3.76. The average molecular weight is 449 g/mol. The topological polar surface area (TPSA) is 83.0 Å². The lowest BCUT2D eigenvalue weighted by atomic mass is 10.1. The van der Waals surface area contributed by atoms with Gasteiger partial charge in [0.05, 0.1) is 23.3 Å². The molecule has 2 unspecified atom stereocenters. The number of aromatic nitrogens is 4. The Labute approximate surface area is 184 Å². The zero-order valence-corrected chi connectivity index (χ0v) is 19.7. The molecule has 30 heavy (non-hydrogen) atoms. The van der Waals surface area contributed by atoms with Gasteiger partial charge in [0.25, 0.3) is 5.56 Å². The molecule has 0 radical (unpaired) electrons. The van der Waals surface area contributed by atoms with E-state index >= 15 is 0 Å². The maximum Gasteiger partial charge on any atom is 0.263 e. The number of thiophene rings is 1. The summed E-state index contributed by atoms with van der Waals surface area (Å²) in [5.41, 5.74) is 1.14. The fourth-order valence-corrected chi connectivity index (χ4v) is 5.86. The first-order chi connectivity index (χ1) is 14.4. The van der Waals surface area contributed by atoms with E-state index in [0.717, 1.165) is 46.5 Å². The summed E-state index contributed by atoms with van der Waals surface area (Å²) in [4.78, 5) is 25.0. The Morgan fingerprint density at radius 3 is 2.73 bits per heavy atom. The van der Waals surface area contributed by atoms with Gasteiger partial charge in [-0.2, -0.15) is 4.98 Å². The van der Waals surface area contributed by atoms with Crippen molar-refractivity contribution in [3.05, 3.63) is 32.5 Å². The molecular formula is C21H28N4O3S2. The van der Waals surface area contributed by atoms with E-state index < -0.39 is 0 Å². The third-order valence-corrected chi connectivity index (χ3v) is 7.56. The zero-order chi connectivity index (χ0) is 21.4. The monoisotopic (exact) mass is 448 g/mol. The summed E-state index contributed by atoms with van der Waals surface area (Å²) in [6.07, 6.45) is 2.88. The number of hydrogen-bond acceptors (Lipinski definition) is 8. The number of ether oxygens (including phenoxy) is 1. The predicted molar refractivity (Wildman–Crippen MR) is 120 cm³/mol. The first-order valence-corrected chi connectivity index (χ1v) is 12.2. The van der Waals surface area contributed by atoms with Gasteiger partial charge >= 0.3 is 0 Å². The van der Waals surface area contributed by atoms with Gasteiger partial charge < -0.3 is 9.26 Å². The number of hydrogen-bond donors (Lipinski definition) is 0. The Balaban J connectivity index is 1.75. The van der Waals surface area contributed by atoms with E-state index in [4.69, 9.17) is 14.2 Å². The lowest BCUT2D eigenvalue weighted by Gasteiger charge is -2.17. The highest BCUT2D eigenvalue weighted by Crippen LogP contribution is 2.36. The highest BCUT2D eigenvalue weighted by Gasteiger charge is 2.25. The number of aryl methyl sites for hydroxylation is 2. The van der Waals surface area contributed by atoms with Crippen LogP contribution in [-0.4, -0.2) is 32.4 Å². The van der Waals surface area contributed by atoms with Crippen LogP contribution in [-0.2, 0) is 17.7 Å². The molecule has 0 aliphatic carbocycles. The summed E-state index contributed by atoms with van der Waals surface area (Å²) in [7, 11) is 0. The van der Waals surface area contributed by atoms with Crippen molar-refractivity contribution in [2.75, 3.05) is 6.61 Å². The summed E-state index contributed by atoms with van der Waals surface area (Å²) < 4.78 is 13.1. The van der Waals surface area contributed by atoms with Crippen molar-refractivity contribution < 1.29 is 9.26 Å². The van der Waals surface area contributed by atoms with Gasteiger partial charge in [-0.05, 0) is 38.7 Å². The van der Waals surface area contributed by atoms with Crippen LogP contribution in [0.3, 0.4) is 0 Å². The largest absolute Gasteiger partial charge is 0.376 e. The van der Waals surface area contributed by atoms with Crippen LogP contribution in [0.15, 0.2) is 14.5 Å². The van der Waals surface area contributed by atoms with Gasteiger partial charge in [0.1, 0.15) is 4.83 Å². The molecule has 4 heterocycles. The summed E-state index contributed by atoms with van der Waals surface area (Å²) in [6, 6.07) is 0. The van der Waals surface area contributed by atoms with Gasteiger partial charge in [-0.1, -0.05) is 37.7 Å².